The minimum atomic E-state index is -4.27. The number of pyridine rings is 4. The third kappa shape index (κ3) is 7.17. The number of esters is 9. The molecule has 8 heterocycles. The average Bonchev–Trinajstić information content (AvgIpc) is 3.60. The number of fused-ring (bicyclic) bond motifs is 4. The molecule has 0 spiro atoms. The average molecular weight is 1050 g/mol. The number of aryl methyl sites for hydroxylation is 1. The first-order valence-electron chi connectivity index (χ1n) is 23.0. The van der Waals surface area contributed by atoms with Crippen LogP contribution in [0.15, 0.2) is 102 Å². The number of ether oxygens (including phenoxy) is 5. The van der Waals surface area contributed by atoms with E-state index in [1.807, 2.05) is 6.92 Å². The Kier molecular flexibility index (Phi) is 10.6. The minimum absolute atomic E-state index is 0.178. The lowest BCUT2D eigenvalue weighted by Crippen LogP contribution is -2.24. The fourth-order valence-electron chi connectivity index (χ4n) is 10.3. The van der Waals surface area contributed by atoms with Crippen molar-refractivity contribution in [1.82, 2.24) is 9.97 Å². The molecule has 0 unspecified atom stereocenters. The third-order valence-electron chi connectivity index (χ3n) is 13.4. The minimum Gasteiger partial charge on any atom is -0.744 e. The molecule has 4 aromatic heterocycles. The monoisotopic (exact) mass is 1050 g/mol. The number of aromatic amines is 2. The first kappa shape index (κ1) is 47.7. The highest BCUT2D eigenvalue weighted by Gasteiger charge is 2.38. The molecule has 0 bridgehead atoms. The Balaban J connectivity index is 0.000000120. The van der Waals surface area contributed by atoms with Gasteiger partial charge < -0.3 is 28.2 Å². The van der Waals surface area contributed by atoms with Crippen LogP contribution in [0.5, 0.6) is 0 Å². The zero-order valence-corrected chi connectivity index (χ0v) is 40.5. The maximum absolute atomic E-state index is 12.3. The van der Waals surface area contributed by atoms with Gasteiger partial charge in [-0.2, -0.15) is 0 Å². The van der Waals surface area contributed by atoms with Crippen molar-refractivity contribution in [2.45, 2.75) is 25.7 Å². The van der Waals surface area contributed by atoms with Gasteiger partial charge in [-0.15, -0.1) is 0 Å². The van der Waals surface area contributed by atoms with E-state index in [1.54, 1.807) is 67.6 Å². The number of carbonyl (C=O) groups excluding carboxylic acids is 9. The lowest BCUT2D eigenvalue weighted by atomic mass is 9.88. The third-order valence-corrected chi connectivity index (χ3v) is 14.3. The van der Waals surface area contributed by atoms with E-state index in [0.29, 0.717) is 93.7 Å². The molecule has 0 saturated carbocycles. The summed E-state index contributed by atoms with van der Waals surface area (Å²) < 4.78 is 54.9. The van der Waals surface area contributed by atoms with Crippen molar-refractivity contribution in [3.05, 3.63) is 148 Å². The summed E-state index contributed by atoms with van der Waals surface area (Å²) in [5, 5.41) is 7.40. The van der Waals surface area contributed by atoms with Crippen LogP contribution < -0.4 is 9.97 Å². The Labute approximate surface area is 428 Å². The number of nitrogens with one attached hydrogen (secondary N) is 2. The molecule has 77 heavy (non-hydrogen) atoms. The zero-order valence-electron chi connectivity index (χ0n) is 39.7. The Morgan fingerprint density at radius 3 is 1.16 bits per heavy atom. The van der Waals surface area contributed by atoms with Crippen molar-refractivity contribution >= 4 is 151 Å². The summed E-state index contributed by atoms with van der Waals surface area (Å²) >= 11 is 0. The SMILES string of the molecule is CCOC(C)=O.Cc1ccc(S(=O)(=O)[O-])cc1.O=C1OC(=O)c2c[nH+]c3c4ccc5c6c(c[nH+]c(c7ccc1c2c73)c64)C(=O)OC5=O.O=C1OC(=O)c2cnc3c4ccc5c6c(cnc(c7ccc1c2c73)c64)C(=O)OC5=O. The smallest absolute Gasteiger partial charge is 0.352 e. The van der Waals surface area contributed by atoms with E-state index in [9.17, 15) is 56.1 Å². The fourth-order valence-corrected chi connectivity index (χ4v) is 10.7. The van der Waals surface area contributed by atoms with Gasteiger partial charge in [0.2, 0.25) is 11.0 Å². The number of carbonyl (C=O) groups is 9. The summed E-state index contributed by atoms with van der Waals surface area (Å²) in [7, 11) is -4.27. The van der Waals surface area contributed by atoms with Crippen LogP contribution in [0.3, 0.4) is 0 Å². The van der Waals surface area contributed by atoms with Crippen LogP contribution in [0.4, 0.5) is 0 Å². The number of nitrogens with zero attached hydrogens (tertiary/aromatic N) is 2. The molecule has 22 heteroatoms. The van der Waals surface area contributed by atoms with E-state index < -0.39 is 57.9 Å². The van der Waals surface area contributed by atoms with Gasteiger partial charge in [-0.3, -0.25) is 14.8 Å². The second kappa shape index (κ2) is 17.1. The van der Waals surface area contributed by atoms with Crippen LogP contribution in [0.2, 0.25) is 0 Å². The molecule has 0 amide bonds. The number of cyclic esters (lactones) is 8. The van der Waals surface area contributed by atoms with Gasteiger partial charge in [-0.1, -0.05) is 29.8 Å². The van der Waals surface area contributed by atoms with Gasteiger partial charge in [0.25, 0.3) is 0 Å². The summed E-state index contributed by atoms with van der Waals surface area (Å²) in [5.74, 6) is -5.93. The van der Waals surface area contributed by atoms with Crippen LogP contribution >= 0.6 is 0 Å². The van der Waals surface area contributed by atoms with E-state index in [0.717, 1.165) is 16.3 Å². The number of H-pyrrole nitrogens is 2. The molecule has 0 fully saturated rings. The van der Waals surface area contributed by atoms with Crippen LogP contribution in [0.1, 0.15) is 102 Å². The standard InChI is InChI=1S/2C22H6N2O6.C7H8O3S.C4H8O2/c2*25-19-9-3-1-7-15-13(9)11(21(27)29-19)6-24-18(15)8-2-4-10-14-12(22(28)30-20(10)26)5-23-17(7)16(8)14;1-6-2-4-7(5-3-6)11(8,9)10;1-3-6-4(2)5/h2*1-6H;2-5H,1H3,(H,8,9,10);3H2,1-2H3/p+1. The summed E-state index contributed by atoms with van der Waals surface area (Å²) in [6, 6.07) is 19.2. The quantitative estimate of drug-likeness (QED) is 0.0439. The van der Waals surface area contributed by atoms with Crippen molar-refractivity contribution in [3.63, 3.8) is 0 Å². The highest BCUT2D eigenvalue weighted by molar-refractivity contribution is 7.85. The van der Waals surface area contributed by atoms with Crippen LogP contribution in [0, 0.1) is 6.92 Å². The summed E-state index contributed by atoms with van der Waals surface area (Å²) in [5.41, 5.74) is 5.52. The second-order valence-corrected chi connectivity index (χ2v) is 19.1. The molecular weight excluding hydrogens is 1020 g/mol. The van der Waals surface area contributed by atoms with Crippen molar-refractivity contribution in [1.29, 1.82) is 0 Å². The van der Waals surface area contributed by atoms with Gasteiger partial charge in [-0.05, 0) is 62.4 Å². The molecule has 15 rings (SSSR count). The van der Waals surface area contributed by atoms with E-state index in [-0.39, 0.29) is 44.2 Å². The highest BCUT2D eigenvalue weighted by Crippen LogP contribution is 2.45. The normalized spacial score (nSPS) is 14.3. The molecule has 376 valence electrons. The van der Waals surface area contributed by atoms with Gasteiger partial charge >= 0.3 is 53.7 Å². The lowest BCUT2D eigenvalue weighted by Gasteiger charge is -2.21. The molecule has 11 aromatic rings. The highest BCUT2D eigenvalue weighted by atomic mass is 32.2. The van der Waals surface area contributed by atoms with E-state index in [1.165, 1.54) is 43.8 Å². The van der Waals surface area contributed by atoms with Crippen molar-refractivity contribution < 1.29 is 89.8 Å². The Morgan fingerprint density at radius 2 is 0.818 bits per heavy atom. The second-order valence-electron chi connectivity index (χ2n) is 17.7. The van der Waals surface area contributed by atoms with Gasteiger partial charge in [0.1, 0.15) is 21.2 Å². The van der Waals surface area contributed by atoms with E-state index in [4.69, 9.17) is 18.9 Å². The van der Waals surface area contributed by atoms with Crippen molar-refractivity contribution in [3.8, 4) is 0 Å². The largest absolute Gasteiger partial charge is 0.744 e. The molecule has 0 radical (unpaired) electrons. The van der Waals surface area contributed by atoms with Gasteiger partial charge in [0.15, 0.2) is 12.4 Å². The molecule has 7 aromatic carbocycles. The van der Waals surface area contributed by atoms with E-state index >= 15 is 0 Å². The van der Waals surface area contributed by atoms with Crippen molar-refractivity contribution in [2.24, 2.45) is 0 Å². The summed E-state index contributed by atoms with van der Waals surface area (Å²) in [6.45, 7) is 5.47. The molecule has 2 N–H and O–H groups in total. The Bertz CT molecular complexity index is 4020. The summed E-state index contributed by atoms with van der Waals surface area (Å²) in [6.07, 6.45) is 5.80. The summed E-state index contributed by atoms with van der Waals surface area (Å²) in [4.78, 5) is 123. The number of aromatic nitrogens is 4. The van der Waals surface area contributed by atoms with Crippen molar-refractivity contribution in [2.75, 3.05) is 6.61 Å². The van der Waals surface area contributed by atoms with Gasteiger partial charge in [0, 0.05) is 62.4 Å². The molecule has 4 aliphatic heterocycles. The van der Waals surface area contributed by atoms with Gasteiger partial charge in [-0.25, -0.2) is 56.7 Å². The molecule has 0 atom stereocenters. The predicted molar refractivity (Wildman–Crippen MR) is 264 cm³/mol. The topological polar surface area (TPSA) is 311 Å². The molecule has 4 aliphatic rings. The first-order chi connectivity index (χ1) is 36.9. The van der Waals surface area contributed by atoms with Crippen LogP contribution in [0.25, 0.3) is 86.7 Å². The number of benzene rings is 7. The maximum atomic E-state index is 12.3. The van der Waals surface area contributed by atoms with Gasteiger partial charge in [0.05, 0.1) is 77.5 Å². The fraction of sp³-hybridized carbons (Fsp3) is 0.0727. The lowest BCUT2D eigenvalue weighted by molar-refractivity contribution is -0.345. The number of rotatable bonds is 2. The maximum Gasteiger partial charge on any atom is 0.352 e. The Hall–Kier alpha value is -10.3. The predicted octanol–water partition coefficient (Wildman–Crippen LogP) is 6.60. The molecular formula is C55H29N4O17S+. The molecule has 0 saturated heterocycles. The number of hydrogen-bond donors (Lipinski definition) is 0. The molecule has 0 aliphatic carbocycles. The zero-order chi connectivity index (χ0) is 54.1. The number of hydrogen-bond acceptors (Lipinski definition) is 19. The Morgan fingerprint density at radius 1 is 0.481 bits per heavy atom. The first-order valence-corrected chi connectivity index (χ1v) is 24.4. The molecule has 21 nitrogen and oxygen atoms in total. The van der Waals surface area contributed by atoms with Crippen LogP contribution in [-0.2, 0) is 38.6 Å². The van der Waals surface area contributed by atoms with E-state index in [2.05, 4.69) is 24.7 Å². The van der Waals surface area contributed by atoms with Crippen LogP contribution in [-0.4, -0.2) is 83.3 Å².